The van der Waals surface area contributed by atoms with Crippen molar-refractivity contribution in [2.45, 2.75) is 0 Å². The highest BCUT2D eigenvalue weighted by atomic mass is 16.5. The number of likely N-dealkylation sites (N-methyl/N-ethyl adjacent to an activating group) is 1. The fourth-order valence-electron chi connectivity index (χ4n) is 1.25. The maximum absolute atomic E-state index is 5.42. The monoisotopic (exact) mass is 148 g/mol. The summed E-state index contributed by atoms with van der Waals surface area (Å²) in [5.41, 5.74) is 1.16. The van der Waals surface area contributed by atoms with E-state index < -0.39 is 0 Å². The maximum atomic E-state index is 5.42. The molecular formula is C9H10NO. The first-order chi connectivity index (χ1) is 5.38. The third-order valence-electron chi connectivity index (χ3n) is 1.90. The van der Waals surface area contributed by atoms with Crippen molar-refractivity contribution in [1.82, 2.24) is 0 Å². The highest BCUT2D eigenvalue weighted by Gasteiger charge is 2.12. The van der Waals surface area contributed by atoms with Gasteiger partial charge in [-0.05, 0) is 18.2 Å². The van der Waals surface area contributed by atoms with Gasteiger partial charge in [-0.3, -0.25) is 0 Å². The van der Waals surface area contributed by atoms with Gasteiger partial charge in [0, 0.05) is 7.05 Å². The van der Waals surface area contributed by atoms with Gasteiger partial charge in [-0.1, -0.05) is 6.07 Å². The second-order valence-corrected chi connectivity index (χ2v) is 2.66. The number of benzene rings is 1. The van der Waals surface area contributed by atoms with Gasteiger partial charge in [0.15, 0.2) is 0 Å². The molecule has 0 aromatic heterocycles. The Morgan fingerprint density at radius 2 is 2.55 bits per heavy atom. The first-order valence-electron chi connectivity index (χ1n) is 3.72. The SMILES string of the molecule is CN1CCOc2c[c]ccc21. The third-order valence-corrected chi connectivity index (χ3v) is 1.90. The molecule has 57 valence electrons. The van der Waals surface area contributed by atoms with Crippen molar-refractivity contribution in [1.29, 1.82) is 0 Å². The van der Waals surface area contributed by atoms with Crippen LogP contribution in [0.1, 0.15) is 0 Å². The van der Waals surface area contributed by atoms with E-state index in [9.17, 15) is 0 Å². The normalized spacial score (nSPS) is 15.5. The van der Waals surface area contributed by atoms with Gasteiger partial charge >= 0.3 is 0 Å². The van der Waals surface area contributed by atoms with Crippen molar-refractivity contribution in [2.75, 3.05) is 25.1 Å². The standard InChI is InChI=1S/C9H10NO/c1-10-6-7-11-9-5-3-2-4-8(9)10/h2,4-5H,6-7H2,1H3. The van der Waals surface area contributed by atoms with Crippen molar-refractivity contribution in [3.05, 3.63) is 24.3 Å². The molecule has 0 unspecified atom stereocenters. The van der Waals surface area contributed by atoms with Gasteiger partial charge in [0.05, 0.1) is 12.2 Å². The zero-order chi connectivity index (χ0) is 7.68. The Bertz CT molecular complexity index is 259. The molecule has 1 aliphatic heterocycles. The third kappa shape index (κ3) is 1.04. The second-order valence-electron chi connectivity index (χ2n) is 2.66. The van der Waals surface area contributed by atoms with Crippen LogP contribution in [-0.4, -0.2) is 20.2 Å². The van der Waals surface area contributed by atoms with Gasteiger partial charge in [0.25, 0.3) is 0 Å². The fourth-order valence-corrected chi connectivity index (χ4v) is 1.25. The van der Waals surface area contributed by atoms with Crippen LogP contribution in [0.15, 0.2) is 18.2 Å². The molecule has 0 amide bonds. The lowest BCUT2D eigenvalue weighted by Gasteiger charge is -2.27. The molecule has 1 aromatic carbocycles. The van der Waals surface area contributed by atoms with Crippen molar-refractivity contribution < 1.29 is 4.74 Å². The lowest BCUT2D eigenvalue weighted by molar-refractivity contribution is 0.311. The second kappa shape index (κ2) is 2.46. The fraction of sp³-hybridized carbons (Fsp3) is 0.333. The van der Waals surface area contributed by atoms with E-state index in [1.807, 2.05) is 18.2 Å². The minimum absolute atomic E-state index is 0.779. The molecule has 1 heterocycles. The van der Waals surface area contributed by atoms with Crippen LogP contribution in [0, 0.1) is 6.07 Å². The summed E-state index contributed by atoms with van der Waals surface area (Å²) in [4.78, 5) is 2.19. The molecule has 1 radical (unpaired) electrons. The van der Waals surface area contributed by atoms with Gasteiger partial charge < -0.3 is 9.64 Å². The lowest BCUT2D eigenvalue weighted by Crippen LogP contribution is -2.28. The van der Waals surface area contributed by atoms with E-state index in [4.69, 9.17) is 4.74 Å². The Labute approximate surface area is 66.4 Å². The number of rotatable bonds is 0. The van der Waals surface area contributed by atoms with Gasteiger partial charge in [-0.2, -0.15) is 0 Å². The first kappa shape index (κ1) is 6.53. The van der Waals surface area contributed by atoms with Crippen LogP contribution in [0.3, 0.4) is 0 Å². The highest BCUT2D eigenvalue weighted by molar-refractivity contribution is 5.58. The molecule has 0 atom stereocenters. The average molecular weight is 148 g/mol. The summed E-state index contributed by atoms with van der Waals surface area (Å²) in [6, 6.07) is 8.80. The zero-order valence-corrected chi connectivity index (χ0v) is 6.50. The van der Waals surface area contributed by atoms with E-state index in [1.54, 1.807) is 0 Å². The van der Waals surface area contributed by atoms with Gasteiger partial charge in [-0.25, -0.2) is 0 Å². The van der Waals surface area contributed by atoms with Crippen LogP contribution in [0.25, 0.3) is 0 Å². The molecule has 1 aliphatic rings. The molecule has 0 fully saturated rings. The molecule has 0 saturated heterocycles. The van der Waals surface area contributed by atoms with Crippen molar-refractivity contribution in [3.63, 3.8) is 0 Å². The maximum Gasteiger partial charge on any atom is 0.143 e. The summed E-state index contributed by atoms with van der Waals surface area (Å²) < 4.78 is 5.42. The lowest BCUT2D eigenvalue weighted by atomic mass is 10.2. The van der Waals surface area contributed by atoms with Crippen molar-refractivity contribution in [3.8, 4) is 5.75 Å². The summed E-state index contributed by atoms with van der Waals surface area (Å²) >= 11 is 0. The Balaban J connectivity index is 2.44. The Morgan fingerprint density at radius 1 is 1.64 bits per heavy atom. The topological polar surface area (TPSA) is 12.5 Å². The van der Waals surface area contributed by atoms with E-state index in [-0.39, 0.29) is 0 Å². The summed E-state index contributed by atoms with van der Waals surface area (Å²) in [7, 11) is 2.07. The number of hydrogen-bond donors (Lipinski definition) is 0. The molecule has 11 heavy (non-hydrogen) atoms. The summed E-state index contributed by atoms with van der Waals surface area (Å²) in [5, 5.41) is 0. The minimum atomic E-state index is 0.779. The smallest absolute Gasteiger partial charge is 0.143 e. The van der Waals surface area contributed by atoms with Gasteiger partial charge in [0.2, 0.25) is 0 Å². The van der Waals surface area contributed by atoms with E-state index in [0.29, 0.717) is 0 Å². The highest BCUT2D eigenvalue weighted by Crippen LogP contribution is 2.28. The average Bonchev–Trinajstić information content (AvgIpc) is 2.06. The van der Waals surface area contributed by atoms with Gasteiger partial charge in [-0.15, -0.1) is 0 Å². The quantitative estimate of drug-likeness (QED) is 0.550. The van der Waals surface area contributed by atoms with Gasteiger partial charge in [0.1, 0.15) is 12.4 Å². The number of fused-ring (bicyclic) bond motifs is 1. The number of nitrogens with zero attached hydrogens (tertiary/aromatic N) is 1. The zero-order valence-electron chi connectivity index (χ0n) is 6.50. The largest absolute Gasteiger partial charge is 0.490 e. The van der Waals surface area contributed by atoms with Crippen LogP contribution < -0.4 is 9.64 Å². The summed E-state index contributed by atoms with van der Waals surface area (Å²) in [5.74, 6) is 0.946. The van der Waals surface area contributed by atoms with Crippen LogP contribution in [0.4, 0.5) is 5.69 Å². The molecular weight excluding hydrogens is 138 g/mol. The van der Waals surface area contributed by atoms with Crippen LogP contribution in [0.2, 0.25) is 0 Å². The molecule has 0 saturated carbocycles. The van der Waals surface area contributed by atoms with E-state index in [0.717, 1.165) is 24.6 Å². The van der Waals surface area contributed by atoms with Crippen LogP contribution in [-0.2, 0) is 0 Å². The van der Waals surface area contributed by atoms with Crippen molar-refractivity contribution in [2.24, 2.45) is 0 Å². The molecule has 2 heteroatoms. The summed E-state index contributed by atoms with van der Waals surface area (Å²) in [6.07, 6.45) is 0. The Hall–Kier alpha value is -1.18. The molecule has 0 bridgehead atoms. The first-order valence-corrected chi connectivity index (χ1v) is 3.72. The molecule has 2 nitrogen and oxygen atoms in total. The summed E-state index contributed by atoms with van der Waals surface area (Å²) in [6.45, 7) is 1.75. The number of anilines is 1. The molecule has 0 N–H and O–H groups in total. The minimum Gasteiger partial charge on any atom is -0.490 e. The predicted molar refractivity (Wildman–Crippen MR) is 44.0 cm³/mol. The predicted octanol–water partition coefficient (Wildman–Crippen LogP) is 1.32. The molecule has 0 aliphatic carbocycles. The van der Waals surface area contributed by atoms with E-state index >= 15 is 0 Å². The Morgan fingerprint density at radius 3 is 3.36 bits per heavy atom. The number of ether oxygens (including phenoxy) is 1. The number of hydrogen-bond acceptors (Lipinski definition) is 2. The van der Waals surface area contributed by atoms with Crippen molar-refractivity contribution >= 4 is 5.69 Å². The molecule has 2 rings (SSSR count). The van der Waals surface area contributed by atoms with E-state index in [1.165, 1.54) is 0 Å². The van der Waals surface area contributed by atoms with Crippen LogP contribution in [0.5, 0.6) is 5.75 Å². The molecule has 0 spiro atoms. The molecule has 1 aromatic rings. The Kier molecular flexibility index (Phi) is 1.46. The van der Waals surface area contributed by atoms with E-state index in [2.05, 4.69) is 18.0 Å². The van der Waals surface area contributed by atoms with Crippen LogP contribution >= 0.6 is 0 Å².